The molecule has 0 atom stereocenters. The van der Waals surface area contributed by atoms with Crippen molar-refractivity contribution in [1.82, 2.24) is 0 Å². The first-order valence-electron chi connectivity index (χ1n) is 9.89. The van der Waals surface area contributed by atoms with Crippen molar-refractivity contribution in [3.8, 4) is 0 Å². The van der Waals surface area contributed by atoms with Crippen LogP contribution in [0.5, 0.6) is 0 Å². The second kappa shape index (κ2) is 10.8. The summed E-state index contributed by atoms with van der Waals surface area (Å²) in [5.74, 6) is -0.418. The zero-order chi connectivity index (χ0) is 21.3. The summed E-state index contributed by atoms with van der Waals surface area (Å²) < 4.78 is 10.5. The number of anilines is 2. The van der Waals surface area contributed by atoms with Crippen LogP contribution in [-0.4, -0.2) is 74.5 Å². The van der Waals surface area contributed by atoms with Gasteiger partial charge in [0, 0.05) is 35.6 Å². The summed E-state index contributed by atoms with van der Waals surface area (Å²) in [6.07, 6.45) is 0. The molecular weight excluding hydrogens is 388 g/mol. The van der Waals surface area contributed by atoms with Crippen molar-refractivity contribution in [1.29, 1.82) is 0 Å². The molecule has 160 valence electrons. The molecule has 2 aromatic carbocycles. The third kappa shape index (κ3) is 4.85. The molecule has 0 spiro atoms. The second-order valence-corrected chi connectivity index (χ2v) is 6.64. The molecule has 2 aromatic rings. The number of hydrogen-bond acceptors (Lipinski definition) is 8. The summed E-state index contributed by atoms with van der Waals surface area (Å²) in [4.78, 5) is 26.5. The van der Waals surface area contributed by atoms with Crippen LogP contribution in [0, 0.1) is 0 Å². The number of ketones is 2. The average molecular weight is 414 g/mol. The molecule has 0 saturated heterocycles. The summed E-state index contributed by atoms with van der Waals surface area (Å²) in [6.45, 7) is 2.04. The molecule has 1 aliphatic carbocycles. The minimum atomic E-state index is -0.209. The molecule has 3 rings (SSSR count). The Morgan fingerprint density at radius 3 is 1.50 bits per heavy atom. The molecule has 8 heteroatoms. The largest absolute Gasteiger partial charge is 0.394 e. The molecule has 8 nitrogen and oxygen atoms in total. The molecule has 0 bridgehead atoms. The lowest BCUT2D eigenvalue weighted by Gasteiger charge is -2.23. The number of rotatable bonds is 12. The highest BCUT2D eigenvalue weighted by atomic mass is 16.5. The number of nitrogens with one attached hydrogen (secondary N) is 2. The van der Waals surface area contributed by atoms with E-state index in [4.69, 9.17) is 19.7 Å². The predicted molar refractivity (Wildman–Crippen MR) is 113 cm³/mol. The van der Waals surface area contributed by atoms with Crippen LogP contribution in [0.1, 0.15) is 31.8 Å². The first-order chi connectivity index (χ1) is 14.7. The monoisotopic (exact) mass is 414 g/mol. The van der Waals surface area contributed by atoms with E-state index in [1.54, 1.807) is 36.4 Å². The van der Waals surface area contributed by atoms with Gasteiger partial charge in [-0.2, -0.15) is 0 Å². The average Bonchev–Trinajstić information content (AvgIpc) is 2.77. The smallest absolute Gasteiger partial charge is 0.196 e. The van der Waals surface area contributed by atoms with Crippen molar-refractivity contribution in [3.05, 3.63) is 58.7 Å². The highest BCUT2D eigenvalue weighted by Gasteiger charge is 2.33. The SMILES string of the molecule is O=C1c2cccc(NCCOCCO)c2C(=O)c2cccc(NCCOCCO)c21. The van der Waals surface area contributed by atoms with Crippen molar-refractivity contribution in [2.24, 2.45) is 0 Å². The molecule has 4 N–H and O–H groups in total. The number of ether oxygens (including phenoxy) is 2. The lowest BCUT2D eigenvalue weighted by Crippen LogP contribution is -2.25. The van der Waals surface area contributed by atoms with Gasteiger partial charge in [-0.3, -0.25) is 9.59 Å². The van der Waals surface area contributed by atoms with E-state index in [-0.39, 0.29) is 38.0 Å². The summed E-state index contributed by atoms with van der Waals surface area (Å²) in [7, 11) is 0. The van der Waals surface area contributed by atoms with Crippen LogP contribution >= 0.6 is 0 Å². The van der Waals surface area contributed by atoms with Crippen LogP contribution in [-0.2, 0) is 9.47 Å². The number of carbonyl (C=O) groups excluding carboxylic acids is 2. The summed E-state index contributed by atoms with van der Waals surface area (Å²) in [5, 5.41) is 23.8. The third-order valence-corrected chi connectivity index (χ3v) is 4.67. The fourth-order valence-corrected chi connectivity index (χ4v) is 3.39. The van der Waals surface area contributed by atoms with E-state index in [1.807, 2.05) is 0 Å². The molecule has 1 aliphatic rings. The maximum Gasteiger partial charge on any atom is 0.196 e. The molecular formula is C22H26N2O6. The van der Waals surface area contributed by atoms with E-state index in [0.29, 0.717) is 59.9 Å². The zero-order valence-electron chi connectivity index (χ0n) is 16.6. The van der Waals surface area contributed by atoms with E-state index in [2.05, 4.69) is 10.6 Å². The third-order valence-electron chi connectivity index (χ3n) is 4.67. The van der Waals surface area contributed by atoms with Gasteiger partial charge in [-0.1, -0.05) is 24.3 Å². The van der Waals surface area contributed by atoms with Gasteiger partial charge in [0.15, 0.2) is 11.6 Å². The molecule has 0 amide bonds. The topological polar surface area (TPSA) is 117 Å². The molecule has 0 saturated carbocycles. The number of benzene rings is 2. The first kappa shape index (κ1) is 21.9. The number of fused-ring (bicyclic) bond motifs is 2. The number of aliphatic hydroxyl groups is 2. The summed E-state index contributed by atoms with van der Waals surface area (Å²) >= 11 is 0. The summed E-state index contributed by atoms with van der Waals surface area (Å²) in [5.41, 5.74) is 2.61. The molecule has 0 aliphatic heterocycles. The zero-order valence-corrected chi connectivity index (χ0v) is 16.6. The lowest BCUT2D eigenvalue weighted by molar-refractivity contribution is 0.0976. The van der Waals surface area contributed by atoms with Gasteiger partial charge in [0.05, 0.1) is 50.8 Å². The van der Waals surface area contributed by atoms with Gasteiger partial charge < -0.3 is 30.3 Å². The normalized spacial score (nSPS) is 12.5. The molecule has 0 radical (unpaired) electrons. The van der Waals surface area contributed by atoms with Crippen molar-refractivity contribution in [2.45, 2.75) is 0 Å². The van der Waals surface area contributed by atoms with Crippen LogP contribution < -0.4 is 10.6 Å². The highest BCUT2D eigenvalue weighted by molar-refractivity contribution is 6.31. The van der Waals surface area contributed by atoms with E-state index < -0.39 is 0 Å². The molecule has 0 heterocycles. The minimum Gasteiger partial charge on any atom is -0.394 e. The Kier molecular flexibility index (Phi) is 7.92. The van der Waals surface area contributed by atoms with E-state index in [9.17, 15) is 9.59 Å². The van der Waals surface area contributed by atoms with Crippen LogP contribution in [0.2, 0.25) is 0 Å². The quantitative estimate of drug-likeness (QED) is 0.328. The first-order valence-corrected chi connectivity index (χ1v) is 9.89. The fourth-order valence-electron chi connectivity index (χ4n) is 3.39. The maximum absolute atomic E-state index is 13.2. The van der Waals surface area contributed by atoms with Gasteiger partial charge in [-0.05, 0) is 12.1 Å². The fraction of sp³-hybridized carbons (Fsp3) is 0.364. The second-order valence-electron chi connectivity index (χ2n) is 6.64. The van der Waals surface area contributed by atoms with Crippen molar-refractivity contribution < 1.29 is 29.3 Å². The van der Waals surface area contributed by atoms with Crippen molar-refractivity contribution >= 4 is 22.9 Å². The van der Waals surface area contributed by atoms with Gasteiger partial charge in [-0.25, -0.2) is 0 Å². The van der Waals surface area contributed by atoms with Crippen LogP contribution in [0.4, 0.5) is 11.4 Å². The summed E-state index contributed by atoms with van der Waals surface area (Å²) in [6, 6.07) is 10.3. The number of aliphatic hydroxyl groups excluding tert-OH is 2. The standard InChI is InChI=1S/C22H26N2O6/c25-9-13-29-11-7-23-17-5-1-3-15-19(17)22(28)16-4-2-6-18(20(16)21(15)27)24-8-12-30-14-10-26/h1-6,23-26H,7-14H2. The Morgan fingerprint density at radius 2 is 1.10 bits per heavy atom. The van der Waals surface area contributed by atoms with Gasteiger partial charge >= 0.3 is 0 Å². The van der Waals surface area contributed by atoms with Crippen LogP contribution in [0.3, 0.4) is 0 Å². The minimum absolute atomic E-state index is 0.0472. The van der Waals surface area contributed by atoms with Gasteiger partial charge in [0.1, 0.15) is 0 Å². The Labute approximate surface area is 174 Å². The van der Waals surface area contributed by atoms with Crippen LogP contribution in [0.15, 0.2) is 36.4 Å². The molecule has 0 unspecified atom stereocenters. The molecule has 30 heavy (non-hydrogen) atoms. The Hall–Kier alpha value is -2.78. The Balaban J connectivity index is 1.80. The van der Waals surface area contributed by atoms with Gasteiger partial charge in [0.2, 0.25) is 0 Å². The molecule has 0 aromatic heterocycles. The van der Waals surface area contributed by atoms with Crippen LogP contribution in [0.25, 0.3) is 0 Å². The van der Waals surface area contributed by atoms with E-state index in [1.165, 1.54) is 0 Å². The predicted octanol–water partition coefficient (Wildman–Crippen LogP) is 1.30. The van der Waals surface area contributed by atoms with Crippen molar-refractivity contribution in [3.63, 3.8) is 0 Å². The van der Waals surface area contributed by atoms with E-state index in [0.717, 1.165) is 0 Å². The maximum atomic E-state index is 13.2. The van der Waals surface area contributed by atoms with Gasteiger partial charge in [-0.15, -0.1) is 0 Å². The van der Waals surface area contributed by atoms with E-state index >= 15 is 0 Å². The van der Waals surface area contributed by atoms with Gasteiger partial charge in [0.25, 0.3) is 0 Å². The molecule has 0 fully saturated rings. The Morgan fingerprint density at radius 1 is 0.667 bits per heavy atom. The Bertz CT molecular complexity index is 826. The van der Waals surface area contributed by atoms with Crippen molar-refractivity contribution in [2.75, 3.05) is 63.4 Å². The number of carbonyl (C=O) groups is 2. The lowest BCUT2D eigenvalue weighted by atomic mass is 9.82. The highest BCUT2D eigenvalue weighted by Crippen LogP contribution is 2.35. The number of hydrogen-bond donors (Lipinski definition) is 4.